The molecule has 0 spiro atoms. The number of epoxide rings is 1. The second kappa shape index (κ2) is 8.53. The lowest BCUT2D eigenvalue weighted by atomic mass is 9.85. The molecule has 1 aliphatic carbocycles. The molecule has 0 aromatic carbocycles. The number of allylic oxidation sites excluding steroid dienone is 1. The van der Waals surface area contributed by atoms with E-state index in [1.165, 1.54) is 14.2 Å². The molecule has 3 aliphatic rings. The fourth-order valence-corrected chi connectivity index (χ4v) is 4.06. The molecule has 0 N–H and O–H groups in total. The van der Waals surface area contributed by atoms with Crippen molar-refractivity contribution in [2.24, 2.45) is 5.92 Å². The van der Waals surface area contributed by atoms with Gasteiger partial charge in [-0.25, -0.2) is 14.4 Å². The van der Waals surface area contributed by atoms with Crippen molar-refractivity contribution >= 4 is 17.9 Å². The fraction of sp³-hybridized carbons (Fsp3) is 0.591. The Balaban J connectivity index is 1.95. The van der Waals surface area contributed by atoms with E-state index >= 15 is 0 Å². The first-order valence-corrected chi connectivity index (χ1v) is 9.96. The summed E-state index contributed by atoms with van der Waals surface area (Å²) in [5.41, 5.74) is 1.09. The molecule has 0 aromatic rings. The molecule has 1 saturated heterocycles. The van der Waals surface area contributed by atoms with Crippen molar-refractivity contribution in [3.63, 3.8) is 0 Å². The number of methoxy groups -OCH3 is 2. The molecule has 29 heavy (non-hydrogen) atoms. The molecule has 158 valence electrons. The van der Waals surface area contributed by atoms with Gasteiger partial charge in [0.1, 0.15) is 17.8 Å². The van der Waals surface area contributed by atoms with Gasteiger partial charge in [0.15, 0.2) is 0 Å². The van der Waals surface area contributed by atoms with Gasteiger partial charge in [0.2, 0.25) is 0 Å². The Labute approximate surface area is 170 Å². The van der Waals surface area contributed by atoms with Crippen LogP contribution in [0.25, 0.3) is 0 Å². The van der Waals surface area contributed by atoms with E-state index in [1.54, 1.807) is 12.2 Å². The van der Waals surface area contributed by atoms with E-state index < -0.39 is 17.7 Å². The van der Waals surface area contributed by atoms with Gasteiger partial charge in [-0.05, 0) is 43.8 Å². The Morgan fingerprint density at radius 2 is 1.79 bits per heavy atom. The van der Waals surface area contributed by atoms with Gasteiger partial charge in [-0.1, -0.05) is 19.9 Å². The number of hydrogen-bond donors (Lipinski definition) is 0. The van der Waals surface area contributed by atoms with Crippen LogP contribution in [-0.4, -0.2) is 49.9 Å². The monoisotopic (exact) mass is 404 g/mol. The number of carbonyl (C=O) groups excluding carboxylic acids is 3. The summed E-state index contributed by atoms with van der Waals surface area (Å²) in [7, 11) is 2.68. The summed E-state index contributed by atoms with van der Waals surface area (Å²) < 4.78 is 21.3. The average molecular weight is 404 g/mol. The topological polar surface area (TPSA) is 91.4 Å². The van der Waals surface area contributed by atoms with Crippen LogP contribution in [0.1, 0.15) is 46.0 Å². The Bertz CT molecular complexity index is 789. The SMILES string of the molecule is COC(=O)C1=CCCC2=CC(CC(C(=O)OC)=CC3OC3(C(C)C)CC1)OC2=O. The van der Waals surface area contributed by atoms with E-state index in [1.807, 2.05) is 6.08 Å². The minimum atomic E-state index is -0.512. The zero-order valence-electron chi connectivity index (χ0n) is 17.4. The standard InChI is InChI=1S/C22H28O7/c1-13(2)22-9-8-14(19(23)26-3)6-5-7-15-10-17(28-21(15)25)11-16(20(24)27-4)12-18(22)29-22/h6,10,12-13,17-18H,5,7-9,11H2,1-4H3. The molecule has 2 bridgehead atoms. The molecule has 0 radical (unpaired) electrons. The summed E-state index contributed by atoms with van der Waals surface area (Å²) in [6.45, 7) is 4.12. The van der Waals surface area contributed by atoms with Gasteiger partial charge in [0.05, 0.1) is 14.2 Å². The van der Waals surface area contributed by atoms with Gasteiger partial charge in [-0.3, -0.25) is 0 Å². The molecule has 3 atom stereocenters. The van der Waals surface area contributed by atoms with E-state index in [4.69, 9.17) is 18.9 Å². The number of ether oxygens (including phenoxy) is 4. The van der Waals surface area contributed by atoms with Crippen LogP contribution >= 0.6 is 0 Å². The third kappa shape index (κ3) is 4.45. The second-order valence-electron chi connectivity index (χ2n) is 7.93. The molecule has 2 heterocycles. The predicted octanol–water partition coefficient (Wildman–Crippen LogP) is 2.79. The van der Waals surface area contributed by atoms with Gasteiger partial charge in [-0.15, -0.1) is 0 Å². The maximum absolute atomic E-state index is 12.3. The Morgan fingerprint density at radius 1 is 1.10 bits per heavy atom. The lowest BCUT2D eigenvalue weighted by molar-refractivity contribution is -0.141. The molecule has 3 unspecified atom stereocenters. The van der Waals surface area contributed by atoms with E-state index in [-0.39, 0.29) is 30.4 Å². The zero-order valence-corrected chi connectivity index (χ0v) is 17.4. The molecule has 0 saturated carbocycles. The molecule has 1 fully saturated rings. The number of rotatable bonds is 3. The van der Waals surface area contributed by atoms with E-state index in [0.29, 0.717) is 42.4 Å². The van der Waals surface area contributed by atoms with Gasteiger partial charge in [0, 0.05) is 23.1 Å². The number of carbonyl (C=O) groups is 3. The lowest BCUT2D eigenvalue weighted by Crippen LogP contribution is -2.24. The molecular weight excluding hydrogens is 376 g/mol. The fourth-order valence-electron chi connectivity index (χ4n) is 4.06. The van der Waals surface area contributed by atoms with Gasteiger partial charge < -0.3 is 18.9 Å². The highest BCUT2D eigenvalue weighted by Gasteiger charge is 2.57. The van der Waals surface area contributed by atoms with E-state index in [9.17, 15) is 14.4 Å². The third-order valence-corrected chi connectivity index (χ3v) is 5.91. The summed E-state index contributed by atoms with van der Waals surface area (Å²) in [5.74, 6) is -1.04. The normalized spacial score (nSPS) is 29.6. The highest BCUT2D eigenvalue weighted by atomic mass is 16.6. The third-order valence-electron chi connectivity index (χ3n) is 5.91. The molecule has 3 rings (SSSR count). The van der Waals surface area contributed by atoms with Crippen LogP contribution in [0.3, 0.4) is 0 Å². The zero-order chi connectivity index (χ0) is 21.2. The lowest BCUT2D eigenvalue weighted by Gasteiger charge is -2.18. The van der Waals surface area contributed by atoms with Crippen molar-refractivity contribution in [1.29, 1.82) is 0 Å². The summed E-state index contributed by atoms with van der Waals surface area (Å²) in [5, 5.41) is 0. The Morgan fingerprint density at radius 3 is 2.45 bits per heavy atom. The number of hydrogen-bond acceptors (Lipinski definition) is 7. The van der Waals surface area contributed by atoms with Crippen molar-refractivity contribution in [2.45, 2.75) is 63.8 Å². The Kier molecular flexibility index (Phi) is 6.27. The second-order valence-corrected chi connectivity index (χ2v) is 7.93. The van der Waals surface area contributed by atoms with Crippen LogP contribution in [0, 0.1) is 5.92 Å². The van der Waals surface area contributed by atoms with Gasteiger partial charge in [-0.2, -0.15) is 0 Å². The minimum Gasteiger partial charge on any atom is -0.466 e. The van der Waals surface area contributed by atoms with Crippen LogP contribution in [-0.2, 0) is 33.3 Å². The van der Waals surface area contributed by atoms with Crippen molar-refractivity contribution in [2.75, 3.05) is 14.2 Å². The molecule has 2 aliphatic heterocycles. The quantitative estimate of drug-likeness (QED) is 0.406. The van der Waals surface area contributed by atoms with Crippen LogP contribution in [0.5, 0.6) is 0 Å². The molecule has 7 heteroatoms. The van der Waals surface area contributed by atoms with Crippen molar-refractivity contribution < 1.29 is 33.3 Å². The summed E-state index contributed by atoms with van der Waals surface area (Å²) in [4.78, 5) is 36.7. The first-order chi connectivity index (χ1) is 13.8. The Hall–Kier alpha value is -2.41. The van der Waals surface area contributed by atoms with Crippen LogP contribution < -0.4 is 0 Å². The molecule has 7 nitrogen and oxygen atoms in total. The summed E-state index contributed by atoms with van der Waals surface area (Å²) in [6, 6.07) is 0. The maximum Gasteiger partial charge on any atom is 0.334 e. The summed E-state index contributed by atoms with van der Waals surface area (Å²) >= 11 is 0. The predicted molar refractivity (Wildman–Crippen MR) is 104 cm³/mol. The maximum atomic E-state index is 12.3. The van der Waals surface area contributed by atoms with Gasteiger partial charge in [0.25, 0.3) is 0 Å². The molecule has 0 aromatic heterocycles. The van der Waals surface area contributed by atoms with Crippen LogP contribution in [0.4, 0.5) is 0 Å². The average Bonchev–Trinajstić information content (AvgIpc) is 3.30. The van der Waals surface area contributed by atoms with E-state index in [2.05, 4.69) is 13.8 Å². The first-order valence-electron chi connectivity index (χ1n) is 9.96. The van der Waals surface area contributed by atoms with Crippen LogP contribution in [0.15, 0.2) is 34.9 Å². The minimum absolute atomic E-state index is 0.185. The highest BCUT2D eigenvalue weighted by Crippen LogP contribution is 2.49. The molecule has 0 amide bonds. The first kappa shape index (κ1) is 21.3. The largest absolute Gasteiger partial charge is 0.466 e. The van der Waals surface area contributed by atoms with Crippen LogP contribution in [0.2, 0.25) is 0 Å². The smallest absolute Gasteiger partial charge is 0.334 e. The van der Waals surface area contributed by atoms with Gasteiger partial charge >= 0.3 is 17.9 Å². The van der Waals surface area contributed by atoms with Crippen molar-refractivity contribution in [3.8, 4) is 0 Å². The number of esters is 3. The highest BCUT2D eigenvalue weighted by molar-refractivity contribution is 5.92. The number of fused-ring (bicyclic) bond motifs is 2. The molecular formula is C22H28O7. The van der Waals surface area contributed by atoms with Crippen molar-refractivity contribution in [1.82, 2.24) is 0 Å². The van der Waals surface area contributed by atoms with E-state index in [0.717, 1.165) is 0 Å². The summed E-state index contributed by atoms with van der Waals surface area (Å²) in [6.07, 6.45) is 6.94. The van der Waals surface area contributed by atoms with Crippen molar-refractivity contribution in [3.05, 3.63) is 34.9 Å².